The number of phenolic OH excluding ortho intramolecular Hbond substituents is 3. The summed E-state index contributed by atoms with van der Waals surface area (Å²) in [5.74, 6) is 1.99. The molecule has 1 aromatic carbocycles. The SMILES string of the molecule is NC(c1c(O)cc(O)cc1O)C12CC3CC(CC(C3)C1)C2. The summed E-state index contributed by atoms with van der Waals surface area (Å²) in [4.78, 5) is 0. The summed E-state index contributed by atoms with van der Waals surface area (Å²) in [6, 6.07) is 2.19. The molecule has 0 aromatic heterocycles. The Morgan fingerprint density at radius 2 is 1.33 bits per heavy atom. The van der Waals surface area contributed by atoms with Crippen LogP contribution in [0.3, 0.4) is 0 Å². The molecule has 0 spiro atoms. The van der Waals surface area contributed by atoms with Gasteiger partial charge in [-0.15, -0.1) is 0 Å². The summed E-state index contributed by atoms with van der Waals surface area (Å²) < 4.78 is 0. The molecule has 4 nitrogen and oxygen atoms in total. The fourth-order valence-electron chi connectivity index (χ4n) is 5.79. The zero-order chi connectivity index (χ0) is 14.8. The predicted octanol–water partition coefficient (Wildman–Crippen LogP) is 3.02. The van der Waals surface area contributed by atoms with Crippen molar-refractivity contribution >= 4 is 0 Å². The molecule has 114 valence electrons. The van der Waals surface area contributed by atoms with Gasteiger partial charge in [0.1, 0.15) is 17.2 Å². The van der Waals surface area contributed by atoms with E-state index < -0.39 is 0 Å². The Morgan fingerprint density at radius 3 is 1.76 bits per heavy atom. The first kappa shape index (κ1) is 13.3. The van der Waals surface area contributed by atoms with Crippen molar-refractivity contribution in [1.29, 1.82) is 0 Å². The molecule has 1 unspecified atom stereocenters. The number of nitrogens with two attached hydrogens (primary N) is 1. The van der Waals surface area contributed by atoms with Crippen molar-refractivity contribution in [2.45, 2.75) is 44.6 Å². The molecule has 4 bridgehead atoms. The Bertz CT molecular complexity index is 525. The van der Waals surface area contributed by atoms with Gasteiger partial charge >= 0.3 is 0 Å². The van der Waals surface area contributed by atoms with Crippen molar-refractivity contribution in [3.63, 3.8) is 0 Å². The van der Waals surface area contributed by atoms with E-state index in [1.54, 1.807) is 0 Å². The number of hydrogen-bond donors (Lipinski definition) is 4. The van der Waals surface area contributed by atoms with Gasteiger partial charge in [-0.25, -0.2) is 0 Å². The summed E-state index contributed by atoms with van der Waals surface area (Å²) in [6.07, 6.45) is 7.33. The fraction of sp³-hybridized carbons (Fsp3) is 0.647. The van der Waals surface area contributed by atoms with Crippen molar-refractivity contribution < 1.29 is 15.3 Å². The van der Waals surface area contributed by atoms with Crippen LogP contribution in [-0.2, 0) is 0 Å². The minimum atomic E-state index is -0.355. The van der Waals surface area contributed by atoms with E-state index in [4.69, 9.17) is 5.73 Å². The van der Waals surface area contributed by atoms with Gasteiger partial charge in [0.05, 0.1) is 5.56 Å². The van der Waals surface area contributed by atoms with E-state index in [0.29, 0.717) is 5.56 Å². The zero-order valence-electron chi connectivity index (χ0n) is 12.1. The van der Waals surface area contributed by atoms with E-state index in [0.717, 1.165) is 37.0 Å². The highest BCUT2D eigenvalue weighted by Crippen LogP contribution is 2.64. The summed E-state index contributed by atoms with van der Waals surface area (Å²) in [7, 11) is 0. The molecule has 21 heavy (non-hydrogen) atoms. The van der Waals surface area contributed by atoms with Crippen LogP contribution in [-0.4, -0.2) is 15.3 Å². The van der Waals surface area contributed by atoms with Crippen LogP contribution in [0.2, 0.25) is 0 Å². The third-order valence-electron chi connectivity index (χ3n) is 6.18. The van der Waals surface area contributed by atoms with Crippen LogP contribution in [0, 0.1) is 23.2 Å². The minimum Gasteiger partial charge on any atom is -0.508 e. The average molecular weight is 289 g/mol. The number of rotatable bonds is 2. The standard InChI is InChI=1S/C17H23NO3/c18-16(15-13(20)4-12(19)5-14(15)21)17-6-9-1-10(7-17)3-11(2-9)8-17/h4-5,9-11,16,19-21H,1-3,6-8,18H2. The van der Waals surface area contributed by atoms with E-state index in [1.807, 2.05) is 0 Å². The third-order valence-corrected chi connectivity index (χ3v) is 6.18. The maximum absolute atomic E-state index is 10.1. The first-order valence-electron chi connectivity index (χ1n) is 7.97. The monoisotopic (exact) mass is 289 g/mol. The van der Waals surface area contributed by atoms with Crippen LogP contribution in [0.25, 0.3) is 0 Å². The fourth-order valence-corrected chi connectivity index (χ4v) is 5.79. The maximum Gasteiger partial charge on any atom is 0.127 e. The highest BCUT2D eigenvalue weighted by molar-refractivity contribution is 5.51. The Kier molecular flexibility index (Phi) is 2.71. The lowest BCUT2D eigenvalue weighted by Crippen LogP contribution is -2.50. The number of phenols is 3. The van der Waals surface area contributed by atoms with Crippen molar-refractivity contribution in [2.24, 2.45) is 28.9 Å². The first-order valence-corrected chi connectivity index (χ1v) is 7.97. The van der Waals surface area contributed by atoms with E-state index in [1.165, 1.54) is 31.4 Å². The highest BCUT2D eigenvalue weighted by atomic mass is 16.3. The summed E-state index contributed by atoms with van der Waals surface area (Å²) in [5.41, 5.74) is 6.97. The lowest BCUT2D eigenvalue weighted by atomic mass is 9.47. The van der Waals surface area contributed by atoms with E-state index in [2.05, 4.69) is 0 Å². The largest absolute Gasteiger partial charge is 0.508 e. The quantitative estimate of drug-likeness (QED) is 0.674. The van der Waals surface area contributed by atoms with Gasteiger partial charge in [-0.3, -0.25) is 0 Å². The van der Waals surface area contributed by atoms with Gasteiger partial charge in [0, 0.05) is 18.2 Å². The number of aromatic hydroxyl groups is 3. The van der Waals surface area contributed by atoms with Crippen molar-refractivity contribution in [3.05, 3.63) is 17.7 Å². The summed E-state index contributed by atoms with van der Waals surface area (Å²) in [6.45, 7) is 0. The Morgan fingerprint density at radius 1 is 0.905 bits per heavy atom. The van der Waals surface area contributed by atoms with Crippen molar-refractivity contribution in [1.82, 2.24) is 0 Å². The molecule has 4 saturated carbocycles. The van der Waals surface area contributed by atoms with Crippen LogP contribution in [0.5, 0.6) is 17.2 Å². The lowest BCUT2D eigenvalue weighted by Gasteiger charge is -2.59. The Balaban J connectivity index is 1.73. The Hall–Kier alpha value is -1.42. The summed E-state index contributed by atoms with van der Waals surface area (Å²) >= 11 is 0. The molecule has 1 atom stereocenters. The first-order chi connectivity index (χ1) is 9.97. The molecule has 4 heteroatoms. The minimum absolute atomic E-state index is 0.0146. The van der Waals surface area contributed by atoms with Crippen LogP contribution < -0.4 is 5.73 Å². The molecule has 0 saturated heterocycles. The molecule has 4 fully saturated rings. The van der Waals surface area contributed by atoms with Crippen molar-refractivity contribution in [3.8, 4) is 17.2 Å². The number of benzene rings is 1. The topological polar surface area (TPSA) is 86.7 Å². The normalized spacial score (nSPS) is 38.6. The van der Waals surface area contributed by atoms with E-state index in [-0.39, 0.29) is 28.7 Å². The second-order valence-corrected chi connectivity index (χ2v) is 7.66. The van der Waals surface area contributed by atoms with Crippen LogP contribution in [0.1, 0.15) is 50.1 Å². The molecule has 1 aromatic rings. The predicted molar refractivity (Wildman–Crippen MR) is 79.0 cm³/mol. The van der Waals surface area contributed by atoms with Gasteiger partial charge in [-0.05, 0) is 61.7 Å². The molecule has 0 amide bonds. The van der Waals surface area contributed by atoms with Gasteiger partial charge in [-0.2, -0.15) is 0 Å². The molecule has 0 radical (unpaired) electrons. The number of hydrogen-bond acceptors (Lipinski definition) is 4. The zero-order valence-corrected chi connectivity index (χ0v) is 12.1. The van der Waals surface area contributed by atoms with Gasteiger partial charge in [-0.1, -0.05) is 0 Å². The van der Waals surface area contributed by atoms with Crippen LogP contribution in [0.4, 0.5) is 0 Å². The molecule has 0 heterocycles. The second-order valence-electron chi connectivity index (χ2n) is 7.66. The molecule has 4 aliphatic rings. The maximum atomic E-state index is 10.1. The Labute approximate surface area is 124 Å². The highest BCUT2D eigenvalue weighted by Gasteiger charge is 2.54. The third kappa shape index (κ3) is 1.92. The molecule has 4 aliphatic carbocycles. The molecule has 5 N–H and O–H groups in total. The van der Waals surface area contributed by atoms with Crippen LogP contribution >= 0.6 is 0 Å². The second kappa shape index (κ2) is 4.29. The van der Waals surface area contributed by atoms with Crippen LogP contribution in [0.15, 0.2) is 12.1 Å². The molecular formula is C17H23NO3. The molecular weight excluding hydrogens is 266 g/mol. The lowest BCUT2D eigenvalue weighted by molar-refractivity contribution is -0.0683. The molecule has 5 rings (SSSR count). The van der Waals surface area contributed by atoms with E-state index >= 15 is 0 Å². The van der Waals surface area contributed by atoms with Gasteiger partial charge in [0.2, 0.25) is 0 Å². The summed E-state index contributed by atoms with van der Waals surface area (Å²) in [5, 5.41) is 29.8. The molecule has 0 aliphatic heterocycles. The van der Waals surface area contributed by atoms with Gasteiger partial charge in [0.25, 0.3) is 0 Å². The van der Waals surface area contributed by atoms with Gasteiger partial charge < -0.3 is 21.1 Å². The van der Waals surface area contributed by atoms with Gasteiger partial charge in [0.15, 0.2) is 0 Å². The van der Waals surface area contributed by atoms with E-state index in [9.17, 15) is 15.3 Å². The van der Waals surface area contributed by atoms with Crippen molar-refractivity contribution in [2.75, 3.05) is 0 Å². The smallest absolute Gasteiger partial charge is 0.127 e. The average Bonchev–Trinajstić information content (AvgIpc) is 2.35.